The molecule has 6 aliphatic rings. The third kappa shape index (κ3) is 2.78. The molecule has 1 heterocycles. The summed E-state index contributed by atoms with van der Waals surface area (Å²) in [5.41, 5.74) is 0.827. The molecule has 154 valence electrons. The number of nitrogens with zero attached hydrogens (tertiary/aromatic N) is 2. The lowest BCUT2D eigenvalue weighted by Crippen LogP contribution is -2.59. The summed E-state index contributed by atoms with van der Waals surface area (Å²) >= 11 is 0. The summed E-state index contributed by atoms with van der Waals surface area (Å²) in [5, 5.41) is 0. The molecule has 4 nitrogen and oxygen atoms in total. The Balaban J connectivity index is 1.12. The minimum atomic E-state index is -0.284. The maximum atomic E-state index is 13.6. The summed E-state index contributed by atoms with van der Waals surface area (Å²) in [6.07, 6.45) is 9.43. The van der Waals surface area contributed by atoms with Crippen LogP contribution in [0.25, 0.3) is 0 Å². The Bertz CT molecular complexity index is 785. The van der Waals surface area contributed by atoms with E-state index in [0.717, 1.165) is 68.5 Å². The normalized spacial score (nSPS) is 36.9. The van der Waals surface area contributed by atoms with Gasteiger partial charge in [-0.3, -0.25) is 9.59 Å². The zero-order valence-electron chi connectivity index (χ0n) is 17.3. The fourth-order valence-electron chi connectivity index (χ4n) is 7.63. The Morgan fingerprint density at radius 2 is 1.21 bits per heavy atom. The Morgan fingerprint density at radius 1 is 0.724 bits per heavy atom. The SMILES string of the molecule is O=C(N1CCN(C(=O)C2(c3ccccc3)CC2)CC1)C12CC3CC(CC(C3)C1)C2. The molecule has 0 atom stereocenters. The zero-order valence-corrected chi connectivity index (χ0v) is 17.3. The van der Waals surface area contributed by atoms with E-state index in [1.165, 1.54) is 19.3 Å². The van der Waals surface area contributed by atoms with Crippen molar-refractivity contribution in [2.24, 2.45) is 23.2 Å². The minimum Gasteiger partial charge on any atom is -0.339 e. The molecular formula is C25H32N2O2. The van der Waals surface area contributed by atoms with E-state index in [0.29, 0.717) is 19.0 Å². The first-order chi connectivity index (χ1) is 14.1. The fraction of sp³-hybridized carbons (Fsp3) is 0.680. The first-order valence-corrected chi connectivity index (χ1v) is 11.7. The summed E-state index contributed by atoms with van der Waals surface area (Å²) in [5.74, 6) is 3.11. The van der Waals surface area contributed by atoms with E-state index >= 15 is 0 Å². The van der Waals surface area contributed by atoms with Crippen LogP contribution in [-0.4, -0.2) is 47.8 Å². The van der Waals surface area contributed by atoms with Crippen molar-refractivity contribution in [1.82, 2.24) is 9.80 Å². The average molecular weight is 393 g/mol. The first-order valence-electron chi connectivity index (χ1n) is 11.7. The highest BCUT2D eigenvalue weighted by Crippen LogP contribution is 2.60. The quantitative estimate of drug-likeness (QED) is 0.789. The molecule has 5 saturated carbocycles. The molecule has 6 fully saturated rings. The molecule has 0 aromatic heterocycles. The van der Waals surface area contributed by atoms with Crippen molar-refractivity contribution in [3.63, 3.8) is 0 Å². The van der Waals surface area contributed by atoms with Crippen LogP contribution in [-0.2, 0) is 15.0 Å². The highest BCUT2D eigenvalue weighted by Gasteiger charge is 2.56. The van der Waals surface area contributed by atoms with Crippen molar-refractivity contribution < 1.29 is 9.59 Å². The third-order valence-corrected chi connectivity index (χ3v) is 8.83. The maximum Gasteiger partial charge on any atom is 0.233 e. The smallest absolute Gasteiger partial charge is 0.233 e. The van der Waals surface area contributed by atoms with Gasteiger partial charge in [0.25, 0.3) is 0 Å². The number of carbonyl (C=O) groups excluding carboxylic acids is 2. The summed E-state index contributed by atoms with van der Waals surface area (Å²) in [7, 11) is 0. The van der Waals surface area contributed by atoms with Crippen molar-refractivity contribution >= 4 is 11.8 Å². The fourth-order valence-corrected chi connectivity index (χ4v) is 7.63. The summed E-state index contributed by atoms with van der Waals surface area (Å²) in [4.78, 5) is 31.0. The average Bonchev–Trinajstić information content (AvgIpc) is 3.55. The maximum absolute atomic E-state index is 13.6. The molecule has 4 heteroatoms. The van der Waals surface area contributed by atoms with Gasteiger partial charge in [0, 0.05) is 26.2 Å². The number of hydrogen-bond acceptors (Lipinski definition) is 2. The molecule has 1 aromatic rings. The molecule has 0 radical (unpaired) electrons. The van der Waals surface area contributed by atoms with Gasteiger partial charge in [0.1, 0.15) is 0 Å². The van der Waals surface area contributed by atoms with E-state index < -0.39 is 0 Å². The van der Waals surface area contributed by atoms with Gasteiger partial charge in [0.2, 0.25) is 11.8 Å². The number of amides is 2. The largest absolute Gasteiger partial charge is 0.339 e. The minimum absolute atomic E-state index is 0.0529. The highest BCUT2D eigenvalue weighted by atomic mass is 16.2. The molecule has 4 bridgehead atoms. The molecule has 0 N–H and O–H groups in total. The van der Waals surface area contributed by atoms with Crippen molar-refractivity contribution in [2.75, 3.05) is 26.2 Å². The van der Waals surface area contributed by atoms with Gasteiger partial charge in [-0.25, -0.2) is 0 Å². The lowest BCUT2D eigenvalue weighted by molar-refractivity contribution is -0.160. The predicted molar refractivity (Wildman–Crippen MR) is 111 cm³/mol. The van der Waals surface area contributed by atoms with Crippen molar-refractivity contribution in [1.29, 1.82) is 0 Å². The molecule has 5 aliphatic carbocycles. The second-order valence-electron chi connectivity index (χ2n) is 10.7. The van der Waals surface area contributed by atoms with Gasteiger partial charge in [0.15, 0.2) is 0 Å². The van der Waals surface area contributed by atoms with E-state index in [4.69, 9.17) is 0 Å². The zero-order chi connectivity index (χ0) is 19.6. The second-order valence-corrected chi connectivity index (χ2v) is 10.7. The highest BCUT2D eigenvalue weighted by molar-refractivity contribution is 5.91. The summed E-state index contributed by atoms with van der Waals surface area (Å²) < 4.78 is 0. The molecule has 7 rings (SSSR count). The van der Waals surface area contributed by atoms with Crippen LogP contribution in [0.4, 0.5) is 0 Å². The molecule has 1 aromatic carbocycles. The standard InChI is InChI=1S/C25H32N2O2/c28-22(24-15-18-12-19(16-24)14-20(13-18)17-24)26-8-10-27(11-9-26)23(29)25(6-7-25)21-4-2-1-3-5-21/h1-5,18-20H,6-17H2. The Labute approximate surface area is 173 Å². The van der Waals surface area contributed by atoms with Gasteiger partial charge in [-0.2, -0.15) is 0 Å². The Hall–Kier alpha value is -1.84. The molecule has 1 aliphatic heterocycles. The number of benzene rings is 1. The van der Waals surface area contributed by atoms with Crippen LogP contribution in [0.15, 0.2) is 30.3 Å². The van der Waals surface area contributed by atoms with Crippen LogP contribution in [0.3, 0.4) is 0 Å². The van der Waals surface area contributed by atoms with Crippen molar-refractivity contribution in [3.8, 4) is 0 Å². The summed E-state index contributed by atoms with van der Waals surface area (Å²) in [6.45, 7) is 2.84. The van der Waals surface area contributed by atoms with Gasteiger partial charge in [0.05, 0.1) is 10.8 Å². The van der Waals surface area contributed by atoms with E-state index in [9.17, 15) is 9.59 Å². The number of piperazine rings is 1. The third-order valence-electron chi connectivity index (χ3n) is 8.83. The Morgan fingerprint density at radius 3 is 1.69 bits per heavy atom. The van der Waals surface area contributed by atoms with Crippen LogP contribution in [0.2, 0.25) is 0 Å². The van der Waals surface area contributed by atoms with E-state index in [1.54, 1.807) is 0 Å². The van der Waals surface area contributed by atoms with Crippen LogP contribution in [0.1, 0.15) is 56.9 Å². The summed E-state index contributed by atoms with van der Waals surface area (Å²) in [6, 6.07) is 10.3. The van der Waals surface area contributed by atoms with Gasteiger partial charge in [-0.05, 0) is 74.7 Å². The van der Waals surface area contributed by atoms with Crippen LogP contribution < -0.4 is 0 Å². The molecule has 29 heavy (non-hydrogen) atoms. The van der Waals surface area contributed by atoms with E-state index in [1.807, 2.05) is 23.1 Å². The van der Waals surface area contributed by atoms with Gasteiger partial charge in [-0.15, -0.1) is 0 Å². The number of rotatable bonds is 3. The Kier molecular flexibility index (Phi) is 3.92. The van der Waals surface area contributed by atoms with Crippen LogP contribution >= 0.6 is 0 Å². The molecule has 0 unspecified atom stereocenters. The first kappa shape index (κ1) is 18.0. The van der Waals surface area contributed by atoms with Gasteiger partial charge >= 0.3 is 0 Å². The number of carbonyl (C=O) groups is 2. The van der Waals surface area contributed by atoms with Crippen molar-refractivity contribution in [3.05, 3.63) is 35.9 Å². The van der Waals surface area contributed by atoms with Crippen LogP contribution in [0, 0.1) is 23.2 Å². The topological polar surface area (TPSA) is 40.6 Å². The van der Waals surface area contributed by atoms with E-state index in [-0.39, 0.29) is 16.7 Å². The van der Waals surface area contributed by atoms with Crippen LogP contribution in [0.5, 0.6) is 0 Å². The van der Waals surface area contributed by atoms with Gasteiger partial charge < -0.3 is 9.80 Å². The molecule has 0 spiro atoms. The monoisotopic (exact) mass is 392 g/mol. The van der Waals surface area contributed by atoms with E-state index in [2.05, 4.69) is 17.0 Å². The van der Waals surface area contributed by atoms with Gasteiger partial charge in [-0.1, -0.05) is 30.3 Å². The molecule has 2 amide bonds. The number of hydrogen-bond donors (Lipinski definition) is 0. The lowest BCUT2D eigenvalue weighted by Gasteiger charge is -2.57. The molecule has 1 saturated heterocycles. The second kappa shape index (κ2) is 6.33. The lowest BCUT2D eigenvalue weighted by atomic mass is 9.49. The predicted octanol–water partition coefficient (Wildman–Crippen LogP) is 3.61. The van der Waals surface area contributed by atoms with Crippen molar-refractivity contribution in [2.45, 2.75) is 56.8 Å². The molecular weight excluding hydrogens is 360 g/mol.